The molecular weight excluding hydrogens is 210 g/mol. The molecule has 96 valence electrons. The maximum Gasteiger partial charge on any atom is 0.0360 e. The number of anilines is 2. The van der Waals surface area contributed by atoms with Crippen molar-refractivity contribution in [2.45, 2.75) is 33.7 Å². The van der Waals surface area contributed by atoms with Gasteiger partial charge in [-0.15, -0.1) is 0 Å². The number of nitrogen functional groups attached to an aromatic ring is 1. The first kappa shape index (κ1) is 13.8. The van der Waals surface area contributed by atoms with Gasteiger partial charge in [-0.25, -0.2) is 0 Å². The van der Waals surface area contributed by atoms with Gasteiger partial charge in [-0.2, -0.15) is 0 Å². The second-order valence-electron chi connectivity index (χ2n) is 4.60. The van der Waals surface area contributed by atoms with Crippen LogP contribution >= 0.6 is 0 Å². The fourth-order valence-electron chi connectivity index (χ4n) is 1.96. The molecular formula is C14H25N3. The second kappa shape index (κ2) is 6.50. The van der Waals surface area contributed by atoms with Crippen LogP contribution in [0.3, 0.4) is 0 Å². The van der Waals surface area contributed by atoms with Gasteiger partial charge in [-0.05, 0) is 50.7 Å². The molecule has 0 aromatic heterocycles. The molecule has 0 saturated carbocycles. The van der Waals surface area contributed by atoms with Crippen molar-refractivity contribution in [1.29, 1.82) is 0 Å². The lowest BCUT2D eigenvalue weighted by Crippen LogP contribution is -2.34. The number of hydrogen-bond donors (Lipinski definition) is 2. The lowest BCUT2D eigenvalue weighted by Gasteiger charge is -2.24. The molecule has 0 amide bonds. The second-order valence-corrected chi connectivity index (χ2v) is 4.60. The third-order valence-corrected chi connectivity index (χ3v) is 3.11. The minimum Gasteiger partial charge on any atom is -0.399 e. The Hall–Kier alpha value is -1.22. The van der Waals surface area contributed by atoms with Crippen molar-refractivity contribution in [2.75, 3.05) is 30.7 Å². The molecule has 1 aromatic rings. The van der Waals surface area contributed by atoms with E-state index in [1.54, 1.807) is 0 Å². The van der Waals surface area contributed by atoms with E-state index in [4.69, 9.17) is 5.73 Å². The monoisotopic (exact) mass is 235 g/mol. The summed E-state index contributed by atoms with van der Waals surface area (Å²) in [4.78, 5) is 2.42. The van der Waals surface area contributed by atoms with Gasteiger partial charge in [0.2, 0.25) is 0 Å². The number of benzene rings is 1. The summed E-state index contributed by atoms with van der Waals surface area (Å²) in [5, 5.41) is 3.51. The van der Waals surface area contributed by atoms with Crippen molar-refractivity contribution in [3.63, 3.8) is 0 Å². The molecule has 1 rings (SSSR count). The first-order valence-electron chi connectivity index (χ1n) is 6.41. The molecule has 0 heterocycles. The maximum atomic E-state index is 5.81. The lowest BCUT2D eigenvalue weighted by atomic mass is 10.1. The molecule has 17 heavy (non-hydrogen) atoms. The summed E-state index contributed by atoms with van der Waals surface area (Å²) >= 11 is 0. The average molecular weight is 235 g/mol. The van der Waals surface area contributed by atoms with Crippen molar-refractivity contribution < 1.29 is 0 Å². The molecule has 0 fully saturated rings. The van der Waals surface area contributed by atoms with Crippen LogP contribution in [0, 0.1) is 6.92 Å². The summed E-state index contributed by atoms with van der Waals surface area (Å²) in [6, 6.07) is 6.55. The van der Waals surface area contributed by atoms with Crippen molar-refractivity contribution in [1.82, 2.24) is 4.90 Å². The molecule has 0 aliphatic rings. The van der Waals surface area contributed by atoms with Crippen LogP contribution in [0.5, 0.6) is 0 Å². The van der Waals surface area contributed by atoms with Crippen LogP contribution in [0.4, 0.5) is 11.4 Å². The molecule has 3 nitrogen and oxygen atoms in total. The molecule has 3 heteroatoms. The first-order chi connectivity index (χ1) is 8.06. The van der Waals surface area contributed by atoms with Crippen molar-refractivity contribution in [3.8, 4) is 0 Å². The highest BCUT2D eigenvalue weighted by Gasteiger charge is 2.07. The Labute approximate surface area is 105 Å². The number of aryl methyl sites for hydroxylation is 1. The zero-order valence-electron chi connectivity index (χ0n) is 11.5. The van der Waals surface area contributed by atoms with Crippen LogP contribution in [0.1, 0.15) is 26.3 Å². The Balaban J connectivity index is 2.55. The van der Waals surface area contributed by atoms with E-state index >= 15 is 0 Å². The van der Waals surface area contributed by atoms with E-state index in [9.17, 15) is 0 Å². The topological polar surface area (TPSA) is 41.3 Å². The van der Waals surface area contributed by atoms with Crippen molar-refractivity contribution in [3.05, 3.63) is 23.8 Å². The van der Waals surface area contributed by atoms with Crippen molar-refractivity contribution in [2.24, 2.45) is 0 Å². The average Bonchev–Trinajstić information content (AvgIpc) is 2.31. The highest BCUT2D eigenvalue weighted by molar-refractivity contribution is 5.56. The molecule has 0 aliphatic carbocycles. The molecule has 1 atom stereocenters. The smallest absolute Gasteiger partial charge is 0.0360 e. The summed E-state index contributed by atoms with van der Waals surface area (Å²) in [5.74, 6) is 0. The Kier molecular flexibility index (Phi) is 5.29. The van der Waals surface area contributed by atoms with Gasteiger partial charge < -0.3 is 16.0 Å². The summed E-state index contributed by atoms with van der Waals surface area (Å²) in [6.45, 7) is 11.9. The van der Waals surface area contributed by atoms with Crippen LogP contribution in [-0.2, 0) is 0 Å². The Morgan fingerprint density at radius 3 is 2.47 bits per heavy atom. The molecule has 0 saturated heterocycles. The van der Waals surface area contributed by atoms with Gasteiger partial charge in [0.1, 0.15) is 0 Å². The van der Waals surface area contributed by atoms with E-state index in [1.807, 2.05) is 19.1 Å². The van der Waals surface area contributed by atoms with Gasteiger partial charge in [-0.3, -0.25) is 0 Å². The summed E-state index contributed by atoms with van der Waals surface area (Å²) in [6.07, 6.45) is 0. The van der Waals surface area contributed by atoms with Gasteiger partial charge in [-0.1, -0.05) is 13.8 Å². The van der Waals surface area contributed by atoms with E-state index < -0.39 is 0 Å². The van der Waals surface area contributed by atoms with Gasteiger partial charge in [0.05, 0.1) is 0 Å². The molecule has 1 aromatic carbocycles. The fraction of sp³-hybridized carbons (Fsp3) is 0.571. The van der Waals surface area contributed by atoms with Gasteiger partial charge in [0, 0.05) is 24.0 Å². The van der Waals surface area contributed by atoms with E-state index in [-0.39, 0.29) is 0 Å². The number of nitrogens with one attached hydrogen (secondary N) is 1. The first-order valence-corrected chi connectivity index (χ1v) is 6.41. The lowest BCUT2D eigenvalue weighted by molar-refractivity contribution is 0.295. The Morgan fingerprint density at radius 2 is 1.94 bits per heavy atom. The minimum absolute atomic E-state index is 0.443. The summed E-state index contributed by atoms with van der Waals surface area (Å²) in [5.41, 5.74) is 8.94. The normalized spacial score (nSPS) is 12.8. The highest BCUT2D eigenvalue weighted by Crippen LogP contribution is 2.17. The van der Waals surface area contributed by atoms with Crippen LogP contribution < -0.4 is 11.1 Å². The standard InChI is InChI=1S/C14H25N3/c1-5-17(6-2)10-12(4)16-13-7-8-14(15)11(3)9-13/h7-9,12,16H,5-6,10,15H2,1-4H3. The van der Waals surface area contributed by atoms with Gasteiger partial charge in [0.15, 0.2) is 0 Å². The third kappa shape index (κ3) is 4.27. The van der Waals surface area contributed by atoms with E-state index in [0.717, 1.165) is 36.6 Å². The highest BCUT2D eigenvalue weighted by atomic mass is 15.1. The van der Waals surface area contributed by atoms with Crippen LogP contribution in [-0.4, -0.2) is 30.6 Å². The van der Waals surface area contributed by atoms with E-state index in [0.29, 0.717) is 6.04 Å². The molecule has 0 bridgehead atoms. The van der Waals surface area contributed by atoms with Crippen LogP contribution in [0.15, 0.2) is 18.2 Å². The van der Waals surface area contributed by atoms with Crippen LogP contribution in [0.25, 0.3) is 0 Å². The zero-order chi connectivity index (χ0) is 12.8. The molecule has 1 unspecified atom stereocenters. The maximum absolute atomic E-state index is 5.81. The SMILES string of the molecule is CCN(CC)CC(C)Nc1ccc(N)c(C)c1. The summed E-state index contributed by atoms with van der Waals surface area (Å²) < 4.78 is 0. The number of nitrogens with zero attached hydrogens (tertiary/aromatic N) is 1. The molecule has 0 radical (unpaired) electrons. The summed E-state index contributed by atoms with van der Waals surface area (Å²) in [7, 11) is 0. The quantitative estimate of drug-likeness (QED) is 0.745. The molecule has 0 spiro atoms. The predicted octanol–water partition coefficient (Wildman–Crippen LogP) is 2.72. The number of likely N-dealkylation sites (N-methyl/N-ethyl adjacent to an activating group) is 1. The van der Waals surface area contributed by atoms with Gasteiger partial charge >= 0.3 is 0 Å². The number of hydrogen-bond acceptors (Lipinski definition) is 3. The predicted molar refractivity (Wildman–Crippen MR) is 76.5 cm³/mol. The van der Waals surface area contributed by atoms with E-state index in [2.05, 4.69) is 37.1 Å². The third-order valence-electron chi connectivity index (χ3n) is 3.11. The number of nitrogens with two attached hydrogens (primary N) is 1. The van der Waals surface area contributed by atoms with Crippen molar-refractivity contribution >= 4 is 11.4 Å². The molecule has 0 aliphatic heterocycles. The zero-order valence-corrected chi connectivity index (χ0v) is 11.5. The largest absolute Gasteiger partial charge is 0.399 e. The molecule has 3 N–H and O–H groups in total. The van der Waals surface area contributed by atoms with Crippen LogP contribution in [0.2, 0.25) is 0 Å². The number of rotatable bonds is 6. The van der Waals surface area contributed by atoms with Gasteiger partial charge in [0.25, 0.3) is 0 Å². The fourth-order valence-corrected chi connectivity index (χ4v) is 1.96. The minimum atomic E-state index is 0.443. The Bertz CT molecular complexity index is 345. The Morgan fingerprint density at radius 1 is 1.29 bits per heavy atom. The van der Waals surface area contributed by atoms with E-state index in [1.165, 1.54) is 0 Å².